The molecule has 86 valence electrons. The molecule has 1 rings (SSSR count). The van der Waals surface area contributed by atoms with Crippen LogP contribution in [0, 0.1) is 17.1 Å². The van der Waals surface area contributed by atoms with Gasteiger partial charge in [0.05, 0.1) is 11.8 Å². The summed E-state index contributed by atoms with van der Waals surface area (Å²) in [7, 11) is -3.46. The van der Waals surface area contributed by atoms with Crippen LogP contribution in [0.3, 0.4) is 0 Å². The Kier molecular flexibility index (Phi) is 3.99. The second-order valence-electron chi connectivity index (χ2n) is 3.13. The van der Waals surface area contributed by atoms with E-state index in [4.69, 9.17) is 5.26 Å². The minimum atomic E-state index is -3.46. The van der Waals surface area contributed by atoms with Crippen molar-refractivity contribution < 1.29 is 12.8 Å². The summed E-state index contributed by atoms with van der Waals surface area (Å²) in [5, 5.41) is 8.84. The Bertz CT molecular complexity index is 491. The lowest BCUT2D eigenvalue weighted by atomic mass is 10.1. The van der Waals surface area contributed by atoms with Crippen LogP contribution in [0.1, 0.15) is 18.5 Å². The van der Waals surface area contributed by atoms with E-state index in [1.165, 1.54) is 31.2 Å². The maximum atomic E-state index is 12.6. The summed E-state index contributed by atoms with van der Waals surface area (Å²) >= 11 is 0. The van der Waals surface area contributed by atoms with Crippen molar-refractivity contribution in [3.63, 3.8) is 0 Å². The lowest BCUT2D eigenvalue weighted by molar-refractivity contribution is 0.576. The molecule has 0 aromatic heterocycles. The third-order valence-corrected chi connectivity index (χ3v) is 3.36. The van der Waals surface area contributed by atoms with E-state index < -0.39 is 21.9 Å². The van der Waals surface area contributed by atoms with Gasteiger partial charge in [0.1, 0.15) is 11.9 Å². The van der Waals surface area contributed by atoms with Gasteiger partial charge >= 0.3 is 0 Å². The average molecular weight is 242 g/mol. The first kappa shape index (κ1) is 12.6. The Morgan fingerprint density at radius 3 is 2.44 bits per heavy atom. The second kappa shape index (κ2) is 5.05. The first-order valence-electron chi connectivity index (χ1n) is 4.63. The molecule has 0 aliphatic rings. The van der Waals surface area contributed by atoms with Crippen LogP contribution in [0.15, 0.2) is 24.3 Å². The zero-order valence-corrected chi connectivity index (χ0v) is 9.46. The van der Waals surface area contributed by atoms with Gasteiger partial charge in [-0.2, -0.15) is 9.98 Å². The van der Waals surface area contributed by atoms with E-state index in [9.17, 15) is 12.8 Å². The number of hydrogen-bond acceptors (Lipinski definition) is 3. The number of halogens is 1. The minimum absolute atomic E-state index is 0.105. The molecule has 0 saturated carbocycles. The van der Waals surface area contributed by atoms with Crippen LogP contribution in [-0.4, -0.2) is 14.2 Å². The Hall–Kier alpha value is -1.45. The SMILES string of the molecule is CCS(=O)(=O)NC(C#N)c1ccc(F)cc1. The molecule has 1 N–H and O–H groups in total. The first-order chi connectivity index (χ1) is 7.48. The Morgan fingerprint density at radius 1 is 1.44 bits per heavy atom. The summed E-state index contributed by atoms with van der Waals surface area (Å²) in [5.74, 6) is -0.536. The number of nitrogens with zero attached hydrogens (tertiary/aromatic N) is 1. The molecule has 0 aliphatic heterocycles. The Labute approximate surface area is 93.8 Å². The van der Waals surface area contributed by atoms with Gasteiger partial charge in [-0.05, 0) is 24.6 Å². The fraction of sp³-hybridized carbons (Fsp3) is 0.300. The predicted octanol–water partition coefficient (Wildman–Crippen LogP) is 1.33. The molecule has 1 aromatic rings. The number of nitrogens with one attached hydrogen (secondary N) is 1. The minimum Gasteiger partial charge on any atom is -0.212 e. The van der Waals surface area contributed by atoms with Gasteiger partial charge in [0, 0.05) is 0 Å². The molecule has 0 radical (unpaired) electrons. The standard InChI is InChI=1S/C10H11FN2O2S/c1-2-16(14,15)13-10(7-12)8-3-5-9(11)6-4-8/h3-6,10,13H,2H2,1H3. The van der Waals surface area contributed by atoms with E-state index >= 15 is 0 Å². The number of sulfonamides is 1. The van der Waals surface area contributed by atoms with Gasteiger partial charge in [-0.25, -0.2) is 12.8 Å². The van der Waals surface area contributed by atoms with E-state index in [2.05, 4.69) is 4.72 Å². The van der Waals surface area contributed by atoms with Crippen molar-refractivity contribution in [1.82, 2.24) is 4.72 Å². The summed E-state index contributed by atoms with van der Waals surface area (Å²) < 4.78 is 37.4. The number of hydrogen-bond donors (Lipinski definition) is 1. The largest absolute Gasteiger partial charge is 0.212 e. The molecule has 16 heavy (non-hydrogen) atoms. The molecule has 0 bridgehead atoms. The first-order valence-corrected chi connectivity index (χ1v) is 6.29. The molecule has 0 spiro atoms. The molecule has 6 heteroatoms. The van der Waals surface area contributed by atoms with Crippen molar-refractivity contribution in [1.29, 1.82) is 5.26 Å². The van der Waals surface area contributed by atoms with Crippen LogP contribution < -0.4 is 4.72 Å². The molecule has 0 saturated heterocycles. The van der Waals surface area contributed by atoms with Crippen LogP contribution in [0.2, 0.25) is 0 Å². The molecule has 1 aromatic carbocycles. The number of nitriles is 1. The van der Waals surface area contributed by atoms with Crippen LogP contribution >= 0.6 is 0 Å². The van der Waals surface area contributed by atoms with Crippen LogP contribution in [0.4, 0.5) is 4.39 Å². The lowest BCUT2D eigenvalue weighted by Gasteiger charge is -2.11. The molecule has 0 fully saturated rings. The number of benzene rings is 1. The van der Waals surface area contributed by atoms with Gasteiger partial charge in [0.25, 0.3) is 0 Å². The average Bonchev–Trinajstić information content (AvgIpc) is 2.27. The fourth-order valence-electron chi connectivity index (χ4n) is 1.09. The third-order valence-electron chi connectivity index (χ3n) is 2.01. The van der Waals surface area contributed by atoms with Crippen molar-refractivity contribution in [2.75, 3.05) is 5.75 Å². The second-order valence-corrected chi connectivity index (χ2v) is 5.18. The summed E-state index contributed by atoms with van der Waals surface area (Å²) in [6.45, 7) is 1.47. The van der Waals surface area contributed by atoms with Crippen LogP contribution in [0.5, 0.6) is 0 Å². The maximum absolute atomic E-state index is 12.6. The van der Waals surface area contributed by atoms with Gasteiger partial charge in [0.2, 0.25) is 10.0 Å². The molecular formula is C10H11FN2O2S. The highest BCUT2D eigenvalue weighted by Gasteiger charge is 2.17. The fourth-order valence-corrected chi connectivity index (χ4v) is 1.80. The smallest absolute Gasteiger partial charge is 0.212 e. The Morgan fingerprint density at radius 2 is 2.00 bits per heavy atom. The van der Waals surface area contributed by atoms with Gasteiger partial charge in [-0.1, -0.05) is 12.1 Å². The molecule has 0 heterocycles. The highest BCUT2D eigenvalue weighted by Crippen LogP contribution is 2.13. The van der Waals surface area contributed by atoms with E-state index in [-0.39, 0.29) is 5.75 Å². The van der Waals surface area contributed by atoms with E-state index in [0.29, 0.717) is 5.56 Å². The quantitative estimate of drug-likeness (QED) is 0.865. The highest BCUT2D eigenvalue weighted by atomic mass is 32.2. The van der Waals surface area contributed by atoms with E-state index in [1.54, 1.807) is 0 Å². The number of rotatable bonds is 4. The zero-order valence-electron chi connectivity index (χ0n) is 8.64. The van der Waals surface area contributed by atoms with Gasteiger partial charge in [-0.3, -0.25) is 0 Å². The lowest BCUT2D eigenvalue weighted by Crippen LogP contribution is -2.29. The van der Waals surface area contributed by atoms with E-state index in [1.807, 2.05) is 6.07 Å². The monoisotopic (exact) mass is 242 g/mol. The van der Waals surface area contributed by atoms with Crippen LogP contribution in [-0.2, 0) is 10.0 Å². The third kappa shape index (κ3) is 3.29. The highest BCUT2D eigenvalue weighted by molar-refractivity contribution is 7.89. The summed E-state index contributed by atoms with van der Waals surface area (Å²) in [6.07, 6.45) is 0. The zero-order chi connectivity index (χ0) is 12.2. The van der Waals surface area contributed by atoms with Gasteiger partial charge in [0.15, 0.2) is 0 Å². The summed E-state index contributed by atoms with van der Waals surface area (Å²) in [4.78, 5) is 0. The molecule has 0 amide bonds. The maximum Gasteiger partial charge on any atom is 0.212 e. The van der Waals surface area contributed by atoms with Crippen molar-refractivity contribution in [2.24, 2.45) is 0 Å². The van der Waals surface area contributed by atoms with Crippen molar-refractivity contribution in [3.8, 4) is 6.07 Å². The molecule has 1 unspecified atom stereocenters. The Balaban J connectivity index is 2.93. The molecule has 4 nitrogen and oxygen atoms in total. The van der Waals surface area contributed by atoms with E-state index in [0.717, 1.165) is 0 Å². The van der Waals surface area contributed by atoms with Gasteiger partial charge in [-0.15, -0.1) is 0 Å². The summed E-state index contributed by atoms with van der Waals surface area (Å²) in [6, 6.07) is 5.95. The topological polar surface area (TPSA) is 70.0 Å². The summed E-state index contributed by atoms with van der Waals surface area (Å²) in [5.41, 5.74) is 0.418. The normalized spacial score (nSPS) is 13.1. The van der Waals surface area contributed by atoms with Crippen LogP contribution in [0.25, 0.3) is 0 Å². The predicted molar refractivity (Wildman–Crippen MR) is 57.4 cm³/mol. The molecular weight excluding hydrogens is 231 g/mol. The van der Waals surface area contributed by atoms with Crippen molar-refractivity contribution in [2.45, 2.75) is 13.0 Å². The molecule has 0 aliphatic carbocycles. The van der Waals surface area contributed by atoms with Crippen molar-refractivity contribution in [3.05, 3.63) is 35.6 Å². The molecule has 1 atom stereocenters. The van der Waals surface area contributed by atoms with Gasteiger partial charge < -0.3 is 0 Å². The van der Waals surface area contributed by atoms with Crippen molar-refractivity contribution >= 4 is 10.0 Å².